The number of nitrogens with one attached hydrogen (secondary N) is 2. The van der Waals surface area contributed by atoms with Crippen LogP contribution in [-0.2, 0) is 12.8 Å². The van der Waals surface area contributed by atoms with Gasteiger partial charge in [-0.3, -0.25) is 0 Å². The van der Waals surface area contributed by atoms with Crippen LogP contribution in [0.25, 0.3) is 0 Å². The van der Waals surface area contributed by atoms with Crippen LogP contribution in [0.2, 0.25) is 0 Å². The molecule has 3 rings (SSSR count). The Hall–Kier alpha value is -2.38. The largest absolute Gasteiger partial charge is 0.357 e. The number of nitrogens with zero attached hydrogens (tertiary/aromatic N) is 1. The van der Waals surface area contributed by atoms with Crippen molar-refractivity contribution < 1.29 is 0 Å². The summed E-state index contributed by atoms with van der Waals surface area (Å²) in [4.78, 5) is 0. The van der Waals surface area contributed by atoms with Crippen molar-refractivity contribution in [2.24, 2.45) is 0 Å². The number of anilines is 1. The van der Waals surface area contributed by atoms with Gasteiger partial charge in [0.2, 0.25) is 0 Å². The molecular formula is C23H27N3S. The fourth-order valence-electron chi connectivity index (χ4n) is 3.94. The normalized spacial score (nSPS) is 15.1. The Balaban J connectivity index is 1.59. The summed E-state index contributed by atoms with van der Waals surface area (Å²) in [6.07, 6.45) is 7.45. The van der Waals surface area contributed by atoms with Crippen molar-refractivity contribution in [2.45, 2.75) is 57.4 Å². The number of thiocarbonyl (C=S) groups is 1. The third kappa shape index (κ3) is 5.55. The third-order valence-corrected chi connectivity index (χ3v) is 5.61. The third-order valence-electron chi connectivity index (χ3n) is 5.41. The van der Waals surface area contributed by atoms with Crippen molar-refractivity contribution >= 4 is 23.0 Å². The van der Waals surface area contributed by atoms with Crippen LogP contribution < -0.4 is 10.6 Å². The summed E-state index contributed by atoms with van der Waals surface area (Å²) in [6.45, 7) is 2.15. The molecule has 0 bridgehead atoms. The van der Waals surface area contributed by atoms with Crippen molar-refractivity contribution in [3.05, 3.63) is 65.2 Å². The van der Waals surface area contributed by atoms with Crippen LogP contribution in [0.5, 0.6) is 0 Å². The molecule has 1 fully saturated rings. The number of nitriles is 1. The summed E-state index contributed by atoms with van der Waals surface area (Å²) >= 11 is 5.61. The predicted molar refractivity (Wildman–Crippen MR) is 116 cm³/mol. The van der Waals surface area contributed by atoms with Gasteiger partial charge < -0.3 is 10.6 Å². The van der Waals surface area contributed by atoms with Crippen LogP contribution in [-0.4, -0.2) is 10.7 Å². The summed E-state index contributed by atoms with van der Waals surface area (Å²) < 4.78 is 0. The first-order chi connectivity index (χ1) is 13.1. The molecule has 1 aliphatic rings. The quantitative estimate of drug-likeness (QED) is 0.671. The molecular weight excluding hydrogens is 350 g/mol. The molecule has 2 aromatic rings. The van der Waals surface area contributed by atoms with E-state index in [0.717, 1.165) is 24.1 Å². The van der Waals surface area contributed by atoms with Gasteiger partial charge in [0, 0.05) is 11.2 Å². The summed E-state index contributed by atoms with van der Waals surface area (Å²) in [5.74, 6) is 0. The van der Waals surface area contributed by atoms with E-state index in [1.54, 1.807) is 0 Å². The second-order valence-corrected chi connectivity index (χ2v) is 8.00. The van der Waals surface area contributed by atoms with Crippen molar-refractivity contribution in [3.63, 3.8) is 0 Å². The van der Waals surface area contributed by atoms with Crippen molar-refractivity contribution in [3.8, 4) is 6.07 Å². The van der Waals surface area contributed by atoms with Gasteiger partial charge in [0.1, 0.15) is 0 Å². The Labute approximate surface area is 167 Å². The molecule has 0 spiro atoms. The van der Waals surface area contributed by atoms with Gasteiger partial charge in [-0.1, -0.05) is 54.8 Å². The van der Waals surface area contributed by atoms with Crippen LogP contribution in [0.15, 0.2) is 48.5 Å². The Kier molecular flexibility index (Phi) is 6.47. The zero-order chi connectivity index (χ0) is 19.1. The highest BCUT2D eigenvalue weighted by atomic mass is 32.1. The molecule has 0 aliphatic heterocycles. The number of hydrogen-bond donors (Lipinski definition) is 2. The summed E-state index contributed by atoms with van der Waals surface area (Å²) in [5.41, 5.74) is 4.79. The maximum atomic E-state index is 8.77. The van der Waals surface area contributed by atoms with E-state index in [1.165, 1.54) is 36.8 Å². The van der Waals surface area contributed by atoms with E-state index < -0.39 is 0 Å². The Morgan fingerprint density at radius 2 is 1.85 bits per heavy atom. The smallest absolute Gasteiger partial charge is 0.171 e. The highest BCUT2D eigenvalue weighted by Gasteiger charge is 2.34. The summed E-state index contributed by atoms with van der Waals surface area (Å²) in [6, 6.07) is 18.9. The van der Waals surface area contributed by atoms with E-state index in [9.17, 15) is 0 Å². The molecule has 4 heteroatoms. The molecule has 0 amide bonds. The van der Waals surface area contributed by atoms with E-state index in [2.05, 4.69) is 47.9 Å². The standard InChI is InChI=1S/C23H27N3S/c1-18-5-4-6-20(17-18)11-15-23(13-2-3-14-23)26-22(27)25-21-9-7-19(8-10-21)12-16-24/h4-10,17H,2-3,11-15H2,1H3,(H2,25,26,27). The molecule has 2 aromatic carbocycles. The fraction of sp³-hybridized carbons (Fsp3) is 0.391. The van der Waals surface area contributed by atoms with Gasteiger partial charge in [0.25, 0.3) is 0 Å². The monoisotopic (exact) mass is 377 g/mol. The zero-order valence-corrected chi connectivity index (χ0v) is 16.7. The minimum atomic E-state index is 0.0918. The summed E-state index contributed by atoms with van der Waals surface area (Å²) in [5, 5.41) is 16.4. The first kappa shape index (κ1) is 19.4. The number of aryl methyl sites for hydroxylation is 2. The molecule has 0 unspecified atom stereocenters. The average Bonchev–Trinajstić information content (AvgIpc) is 3.11. The second kappa shape index (κ2) is 9.01. The van der Waals surface area contributed by atoms with Crippen LogP contribution in [0, 0.1) is 18.3 Å². The lowest BCUT2D eigenvalue weighted by Crippen LogP contribution is -2.48. The minimum absolute atomic E-state index is 0.0918. The molecule has 0 aromatic heterocycles. The summed E-state index contributed by atoms with van der Waals surface area (Å²) in [7, 11) is 0. The molecule has 3 nitrogen and oxygen atoms in total. The van der Waals surface area contributed by atoms with E-state index in [0.29, 0.717) is 11.5 Å². The molecule has 0 atom stereocenters. The first-order valence-corrected chi connectivity index (χ1v) is 10.1. The Bertz CT molecular complexity index is 814. The highest BCUT2D eigenvalue weighted by molar-refractivity contribution is 7.80. The van der Waals surface area contributed by atoms with Crippen LogP contribution in [0.3, 0.4) is 0 Å². The van der Waals surface area contributed by atoms with E-state index >= 15 is 0 Å². The molecule has 27 heavy (non-hydrogen) atoms. The van der Waals surface area contributed by atoms with Crippen LogP contribution in [0.4, 0.5) is 5.69 Å². The highest BCUT2D eigenvalue weighted by Crippen LogP contribution is 2.34. The maximum Gasteiger partial charge on any atom is 0.171 e. The van der Waals surface area contributed by atoms with E-state index in [4.69, 9.17) is 17.5 Å². The molecule has 0 saturated heterocycles. The van der Waals surface area contributed by atoms with E-state index in [-0.39, 0.29) is 5.54 Å². The average molecular weight is 378 g/mol. The topological polar surface area (TPSA) is 47.8 Å². The zero-order valence-electron chi connectivity index (χ0n) is 15.9. The van der Waals surface area contributed by atoms with Gasteiger partial charge >= 0.3 is 0 Å². The number of benzene rings is 2. The lowest BCUT2D eigenvalue weighted by molar-refractivity contribution is 0.362. The molecule has 1 aliphatic carbocycles. The fourth-order valence-corrected chi connectivity index (χ4v) is 4.28. The predicted octanol–water partition coefficient (Wildman–Crippen LogP) is 5.29. The van der Waals surface area contributed by atoms with E-state index in [1.807, 2.05) is 24.3 Å². The molecule has 2 N–H and O–H groups in total. The van der Waals surface area contributed by atoms with Gasteiger partial charge in [0.15, 0.2) is 5.11 Å². The van der Waals surface area contributed by atoms with Gasteiger partial charge in [-0.2, -0.15) is 5.26 Å². The number of hydrogen-bond acceptors (Lipinski definition) is 2. The van der Waals surface area contributed by atoms with Crippen molar-refractivity contribution in [2.75, 3.05) is 5.32 Å². The van der Waals surface area contributed by atoms with Gasteiger partial charge in [-0.15, -0.1) is 0 Å². The first-order valence-electron chi connectivity index (χ1n) is 9.69. The van der Waals surface area contributed by atoms with Gasteiger partial charge in [-0.05, 0) is 68.1 Å². The number of rotatable bonds is 6. The Morgan fingerprint density at radius 1 is 1.11 bits per heavy atom. The Morgan fingerprint density at radius 3 is 2.52 bits per heavy atom. The van der Waals surface area contributed by atoms with Gasteiger partial charge in [0.05, 0.1) is 12.5 Å². The molecule has 1 saturated carbocycles. The SMILES string of the molecule is Cc1cccc(CCC2(NC(=S)Nc3ccc(CC#N)cc3)CCCC2)c1. The van der Waals surface area contributed by atoms with Crippen LogP contribution >= 0.6 is 12.2 Å². The van der Waals surface area contributed by atoms with Crippen LogP contribution in [0.1, 0.15) is 48.8 Å². The molecule has 0 heterocycles. The molecule has 140 valence electrons. The second-order valence-electron chi connectivity index (χ2n) is 7.59. The van der Waals surface area contributed by atoms with Crippen molar-refractivity contribution in [1.29, 1.82) is 5.26 Å². The maximum absolute atomic E-state index is 8.77. The van der Waals surface area contributed by atoms with Crippen molar-refractivity contribution in [1.82, 2.24) is 5.32 Å². The van der Waals surface area contributed by atoms with Gasteiger partial charge in [-0.25, -0.2) is 0 Å². The lowest BCUT2D eigenvalue weighted by Gasteiger charge is -2.32. The minimum Gasteiger partial charge on any atom is -0.357 e. The molecule has 0 radical (unpaired) electrons. The lowest BCUT2D eigenvalue weighted by atomic mass is 9.89.